The van der Waals surface area contributed by atoms with Gasteiger partial charge in [-0.15, -0.1) is 0 Å². The van der Waals surface area contributed by atoms with Crippen LogP contribution in [0.5, 0.6) is 5.75 Å². The number of carbonyl (C=O) groups is 2. The lowest BCUT2D eigenvalue weighted by Crippen LogP contribution is -2.53. The first kappa shape index (κ1) is 20.7. The molecule has 7 heteroatoms. The van der Waals surface area contributed by atoms with Gasteiger partial charge < -0.3 is 19.7 Å². The smallest absolute Gasteiger partial charge is 0.337 e. The summed E-state index contributed by atoms with van der Waals surface area (Å²) in [6.07, 6.45) is 0. The summed E-state index contributed by atoms with van der Waals surface area (Å²) in [5.74, 6) is 0.392. The molecule has 1 atom stereocenters. The quantitative estimate of drug-likeness (QED) is 0.756. The van der Waals surface area contributed by atoms with Crippen LogP contribution in [0.1, 0.15) is 17.3 Å². The van der Waals surface area contributed by atoms with Crippen molar-refractivity contribution in [2.75, 3.05) is 50.6 Å². The van der Waals surface area contributed by atoms with Crippen LogP contribution < -0.4 is 15.0 Å². The highest BCUT2D eigenvalue weighted by Crippen LogP contribution is 2.20. The number of benzene rings is 2. The van der Waals surface area contributed by atoms with Gasteiger partial charge in [-0.3, -0.25) is 9.69 Å². The van der Waals surface area contributed by atoms with Gasteiger partial charge in [0, 0.05) is 37.1 Å². The van der Waals surface area contributed by atoms with Crippen molar-refractivity contribution in [3.05, 3.63) is 54.1 Å². The Hall–Kier alpha value is -3.06. The lowest BCUT2D eigenvalue weighted by Gasteiger charge is -2.40. The second kappa shape index (κ2) is 9.43. The van der Waals surface area contributed by atoms with Crippen molar-refractivity contribution >= 4 is 23.3 Å². The van der Waals surface area contributed by atoms with Crippen molar-refractivity contribution in [3.8, 4) is 5.75 Å². The van der Waals surface area contributed by atoms with Crippen molar-refractivity contribution in [2.24, 2.45) is 0 Å². The van der Waals surface area contributed by atoms with Crippen molar-refractivity contribution in [3.63, 3.8) is 0 Å². The van der Waals surface area contributed by atoms with Crippen molar-refractivity contribution in [2.45, 2.75) is 13.0 Å². The molecule has 0 saturated carbocycles. The number of nitrogens with one attached hydrogen (secondary N) is 1. The van der Waals surface area contributed by atoms with Gasteiger partial charge >= 0.3 is 5.97 Å². The minimum absolute atomic E-state index is 0.0297. The van der Waals surface area contributed by atoms with Gasteiger partial charge in [-0.1, -0.05) is 0 Å². The fraction of sp³-hybridized carbons (Fsp3) is 0.364. The molecule has 1 fully saturated rings. The maximum absolute atomic E-state index is 12.4. The highest BCUT2D eigenvalue weighted by Gasteiger charge is 2.25. The zero-order valence-electron chi connectivity index (χ0n) is 17.1. The van der Waals surface area contributed by atoms with E-state index in [4.69, 9.17) is 9.47 Å². The van der Waals surface area contributed by atoms with E-state index in [1.54, 1.807) is 19.2 Å². The van der Waals surface area contributed by atoms with E-state index in [2.05, 4.69) is 22.0 Å². The Balaban J connectivity index is 1.52. The Morgan fingerprint density at radius 1 is 1.03 bits per heavy atom. The summed E-state index contributed by atoms with van der Waals surface area (Å²) in [7, 11) is 2.99. The maximum atomic E-state index is 12.4. The second-order valence-corrected chi connectivity index (χ2v) is 7.08. The highest BCUT2D eigenvalue weighted by molar-refractivity contribution is 5.92. The number of methoxy groups -OCH3 is 2. The first-order valence-corrected chi connectivity index (χ1v) is 9.61. The minimum Gasteiger partial charge on any atom is -0.497 e. The third kappa shape index (κ3) is 5.26. The molecule has 1 heterocycles. The first-order chi connectivity index (χ1) is 14.0. The van der Waals surface area contributed by atoms with Crippen LogP contribution in [0.25, 0.3) is 0 Å². The normalized spacial score (nSPS) is 16.9. The standard InChI is InChI=1S/C22H27N3O4/c1-16-14-25(19-8-4-17(5-9-19)22(27)29-3)13-12-24(16)15-21(26)23-18-6-10-20(28-2)11-7-18/h4-11,16H,12-15H2,1-3H3,(H,23,26). The number of nitrogens with zero attached hydrogens (tertiary/aromatic N) is 2. The Kier molecular flexibility index (Phi) is 6.72. The molecule has 1 N–H and O–H groups in total. The summed E-state index contributed by atoms with van der Waals surface area (Å²) in [4.78, 5) is 28.4. The Morgan fingerprint density at radius 3 is 2.31 bits per heavy atom. The molecule has 1 aliphatic heterocycles. The van der Waals surface area contributed by atoms with Crippen molar-refractivity contribution < 1.29 is 19.1 Å². The molecule has 2 aromatic carbocycles. The summed E-state index contributed by atoms with van der Waals surface area (Å²) in [6.45, 7) is 4.89. The number of hydrogen-bond donors (Lipinski definition) is 1. The molecular weight excluding hydrogens is 370 g/mol. The van der Waals surface area contributed by atoms with Crippen molar-refractivity contribution in [1.82, 2.24) is 4.90 Å². The third-order valence-corrected chi connectivity index (χ3v) is 5.14. The van der Waals surface area contributed by atoms with Gasteiger partial charge in [-0.25, -0.2) is 4.79 Å². The van der Waals surface area contributed by atoms with E-state index in [1.165, 1.54) is 7.11 Å². The van der Waals surface area contributed by atoms with Crippen LogP contribution in [0.4, 0.5) is 11.4 Å². The number of hydrogen-bond acceptors (Lipinski definition) is 6. The van der Waals surface area contributed by atoms with Crippen LogP contribution in [0, 0.1) is 0 Å². The van der Waals surface area contributed by atoms with Crippen LogP contribution in [-0.4, -0.2) is 63.2 Å². The average Bonchev–Trinajstić information content (AvgIpc) is 2.75. The van der Waals surface area contributed by atoms with Gasteiger partial charge in [0.05, 0.1) is 26.3 Å². The van der Waals surface area contributed by atoms with E-state index in [9.17, 15) is 9.59 Å². The van der Waals surface area contributed by atoms with Crippen LogP contribution in [0.3, 0.4) is 0 Å². The zero-order valence-corrected chi connectivity index (χ0v) is 17.1. The molecule has 3 rings (SSSR count). The summed E-state index contributed by atoms with van der Waals surface area (Å²) >= 11 is 0. The molecule has 1 aliphatic rings. The number of esters is 1. The van der Waals surface area contributed by atoms with Gasteiger partial charge in [-0.05, 0) is 55.5 Å². The number of carbonyl (C=O) groups excluding carboxylic acids is 2. The zero-order chi connectivity index (χ0) is 20.8. The number of amides is 1. The number of piperazine rings is 1. The summed E-state index contributed by atoms with van der Waals surface area (Å²) in [6, 6.07) is 15.0. The van der Waals surface area contributed by atoms with Gasteiger partial charge in [0.25, 0.3) is 0 Å². The second-order valence-electron chi connectivity index (χ2n) is 7.08. The van der Waals surface area contributed by atoms with Crippen molar-refractivity contribution in [1.29, 1.82) is 0 Å². The average molecular weight is 397 g/mol. The van der Waals surface area contributed by atoms with Gasteiger partial charge in [-0.2, -0.15) is 0 Å². The predicted octanol–water partition coefficient (Wildman–Crippen LogP) is 2.63. The van der Waals surface area contributed by atoms with E-state index in [1.807, 2.05) is 36.4 Å². The van der Waals surface area contributed by atoms with Crippen LogP contribution in [-0.2, 0) is 9.53 Å². The third-order valence-electron chi connectivity index (χ3n) is 5.14. The molecule has 0 aromatic heterocycles. The van der Waals surface area contributed by atoms with Crippen LogP contribution in [0.15, 0.2) is 48.5 Å². The summed E-state index contributed by atoms with van der Waals surface area (Å²) in [5.41, 5.74) is 2.36. The molecule has 1 amide bonds. The van der Waals surface area contributed by atoms with Gasteiger partial charge in [0.2, 0.25) is 5.91 Å². The van der Waals surface area contributed by atoms with E-state index in [0.29, 0.717) is 12.1 Å². The maximum Gasteiger partial charge on any atom is 0.337 e. The lowest BCUT2D eigenvalue weighted by molar-refractivity contribution is -0.117. The van der Waals surface area contributed by atoms with E-state index < -0.39 is 0 Å². The van der Waals surface area contributed by atoms with Gasteiger partial charge in [0.15, 0.2) is 0 Å². The molecule has 0 bridgehead atoms. The molecule has 154 valence electrons. The summed E-state index contributed by atoms with van der Waals surface area (Å²) in [5, 5.41) is 2.93. The van der Waals surface area contributed by atoms with E-state index in [-0.39, 0.29) is 17.9 Å². The fourth-order valence-electron chi connectivity index (χ4n) is 3.45. The molecule has 0 spiro atoms. The lowest BCUT2D eigenvalue weighted by atomic mass is 10.1. The Morgan fingerprint density at radius 2 is 1.72 bits per heavy atom. The van der Waals surface area contributed by atoms with Crippen LogP contribution >= 0.6 is 0 Å². The molecular formula is C22H27N3O4. The number of ether oxygens (including phenoxy) is 2. The van der Waals surface area contributed by atoms with E-state index >= 15 is 0 Å². The molecule has 1 unspecified atom stereocenters. The first-order valence-electron chi connectivity index (χ1n) is 9.61. The number of rotatable bonds is 6. The summed E-state index contributed by atoms with van der Waals surface area (Å²) < 4.78 is 9.87. The highest BCUT2D eigenvalue weighted by atomic mass is 16.5. The fourth-order valence-corrected chi connectivity index (χ4v) is 3.45. The molecule has 7 nitrogen and oxygen atoms in total. The SMILES string of the molecule is COC(=O)c1ccc(N2CCN(CC(=O)Nc3ccc(OC)cc3)C(C)C2)cc1. The molecule has 1 saturated heterocycles. The largest absolute Gasteiger partial charge is 0.497 e. The number of anilines is 2. The minimum atomic E-state index is -0.336. The Bertz CT molecular complexity index is 836. The molecule has 0 radical (unpaired) electrons. The van der Waals surface area contributed by atoms with E-state index in [0.717, 1.165) is 36.8 Å². The van der Waals surface area contributed by atoms with Gasteiger partial charge in [0.1, 0.15) is 5.75 Å². The van der Waals surface area contributed by atoms with Crippen LogP contribution in [0.2, 0.25) is 0 Å². The molecule has 29 heavy (non-hydrogen) atoms. The monoisotopic (exact) mass is 397 g/mol. The Labute approximate surface area is 171 Å². The predicted molar refractivity (Wildman–Crippen MR) is 113 cm³/mol. The molecule has 0 aliphatic carbocycles. The topological polar surface area (TPSA) is 71.1 Å². The molecule has 2 aromatic rings.